The smallest absolute Gasteiger partial charge is 0.0528 e. The van der Waals surface area contributed by atoms with Crippen LogP contribution < -0.4 is 5.32 Å². The summed E-state index contributed by atoms with van der Waals surface area (Å²) >= 11 is 0. The molecule has 1 rings (SSSR count). The van der Waals surface area contributed by atoms with Gasteiger partial charge in [-0.2, -0.15) is 0 Å². The summed E-state index contributed by atoms with van der Waals surface area (Å²) in [6.07, 6.45) is 8.50. The molecule has 0 saturated carbocycles. The summed E-state index contributed by atoms with van der Waals surface area (Å²) in [5.74, 6) is 0. The number of pyridine rings is 1. The van der Waals surface area contributed by atoms with Crippen LogP contribution >= 0.6 is 0 Å². The molecule has 0 saturated heterocycles. The van der Waals surface area contributed by atoms with E-state index in [4.69, 9.17) is 0 Å². The van der Waals surface area contributed by atoms with E-state index < -0.39 is 0 Å². The maximum Gasteiger partial charge on any atom is 0.0528 e. The van der Waals surface area contributed by atoms with Crippen LogP contribution in [0.2, 0.25) is 0 Å². The van der Waals surface area contributed by atoms with Gasteiger partial charge in [0.15, 0.2) is 0 Å². The molecular weight excluding hydrogens is 196 g/mol. The van der Waals surface area contributed by atoms with Gasteiger partial charge in [-0.05, 0) is 32.4 Å². The van der Waals surface area contributed by atoms with Crippen molar-refractivity contribution in [1.82, 2.24) is 4.98 Å². The third-order valence-corrected chi connectivity index (χ3v) is 2.82. The zero-order valence-corrected chi connectivity index (χ0v) is 10.8. The topological polar surface area (TPSA) is 24.9 Å². The summed E-state index contributed by atoms with van der Waals surface area (Å²) in [6, 6.07) is 4.69. The van der Waals surface area contributed by atoms with Gasteiger partial charge >= 0.3 is 0 Å². The van der Waals surface area contributed by atoms with Crippen LogP contribution in [0.3, 0.4) is 0 Å². The summed E-state index contributed by atoms with van der Waals surface area (Å²) in [4.78, 5) is 4.28. The maximum absolute atomic E-state index is 4.28. The molecule has 2 heteroatoms. The van der Waals surface area contributed by atoms with Gasteiger partial charge in [0.2, 0.25) is 0 Å². The van der Waals surface area contributed by atoms with Crippen molar-refractivity contribution in [3.05, 3.63) is 24.0 Å². The van der Waals surface area contributed by atoms with Crippen LogP contribution in [0.4, 0.5) is 5.69 Å². The molecule has 1 atom stereocenters. The molecule has 0 amide bonds. The molecule has 1 aromatic heterocycles. The summed E-state index contributed by atoms with van der Waals surface area (Å²) in [7, 11) is 0. The Balaban J connectivity index is 2.23. The van der Waals surface area contributed by atoms with Crippen molar-refractivity contribution < 1.29 is 0 Å². The Kier molecular flexibility index (Phi) is 5.91. The van der Waals surface area contributed by atoms with E-state index in [9.17, 15) is 0 Å². The molecule has 16 heavy (non-hydrogen) atoms. The fourth-order valence-corrected chi connectivity index (χ4v) is 1.79. The molecule has 0 aromatic carbocycles. The number of rotatable bonds is 7. The quantitative estimate of drug-likeness (QED) is 0.698. The van der Waals surface area contributed by atoms with Gasteiger partial charge in [-0.25, -0.2) is 0 Å². The average molecular weight is 220 g/mol. The molecule has 0 radical (unpaired) electrons. The third kappa shape index (κ3) is 5.15. The minimum atomic E-state index is 0.543. The third-order valence-electron chi connectivity index (χ3n) is 2.82. The number of aromatic nitrogens is 1. The number of nitrogens with zero attached hydrogens (tertiary/aromatic N) is 1. The molecule has 0 aliphatic heterocycles. The number of aryl methyl sites for hydroxylation is 1. The summed E-state index contributed by atoms with van der Waals surface area (Å²) < 4.78 is 0. The first-order valence-electron chi connectivity index (χ1n) is 6.41. The number of unbranched alkanes of at least 4 members (excludes halogenated alkanes) is 3. The number of nitrogens with one attached hydrogen (secondary N) is 1. The van der Waals surface area contributed by atoms with Gasteiger partial charge in [0.25, 0.3) is 0 Å². The first-order chi connectivity index (χ1) is 7.72. The summed E-state index contributed by atoms with van der Waals surface area (Å²) in [5, 5.41) is 3.48. The fourth-order valence-electron chi connectivity index (χ4n) is 1.79. The standard InChI is InChI=1S/C14H24N2/c1-4-5-6-7-8-13(3)16-14-10-9-12(2)15-11-14/h9-11,13,16H,4-8H2,1-3H3. The number of anilines is 1. The first kappa shape index (κ1) is 13.0. The van der Waals surface area contributed by atoms with E-state index in [0.717, 1.165) is 11.4 Å². The second kappa shape index (κ2) is 7.26. The van der Waals surface area contributed by atoms with Crippen molar-refractivity contribution in [1.29, 1.82) is 0 Å². The molecule has 0 bridgehead atoms. The molecule has 90 valence electrons. The predicted octanol–water partition coefficient (Wildman–Crippen LogP) is 4.16. The zero-order valence-electron chi connectivity index (χ0n) is 10.8. The summed E-state index contributed by atoms with van der Waals surface area (Å²) in [5.41, 5.74) is 2.20. The largest absolute Gasteiger partial charge is 0.381 e. The lowest BCUT2D eigenvalue weighted by Gasteiger charge is -2.14. The van der Waals surface area contributed by atoms with Gasteiger partial charge in [-0.3, -0.25) is 4.98 Å². The Morgan fingerprint density at radius 3 is 2.69 bits per heavy atom. The zero-order chi connectivity index (χ0) is 11.8. The van der Waals surface area contributed by atoms with Crippen molar-refractivity contribution in [3.63, 3.8) is 0 Å². The molecule has 1 unspecified atom stereocenters. The van der Waals surface area contributed by atoms with Crippen LogP contribution in [0, 0.1) is 6.92 Å². The SMILES string of the molecule is CCCCCCC(C)Nc1ccc(C)nc1. The molecule has 0 aliphatic rings. The highest BCUT2D eigenvalue weighted by Crippen LogP contribution is 2.11. The van der Waals surface area contributed by atoms with Crippen molar-refractivity contribution in [2.45, 2.75) is 58.9 Å². The lowest BCUT2D eigenvalue weighted by molar-refractivity contribution is 0.594. The Hall–Kier alpha value is -1.05. The molecule has 2 nitrogen and oxygen atoms in total. The van der Waals surface area contributed by atoms with Crippen LogP contribution in [-0.2, 0) is 0 Å². The molecule has 1 aromatic rings. The van der Waals surface area contributed by atoms with E-state index in [2.05, 4.69) is 30.2 Å². The van der Waals surface area contributed by atoms with Gasteiger partial charge in [-0.1, -0.05) is 32.6 Å². The van der Waals surface area contributed by atoms with Gasteiger partial charge in [-0.15, -0.1) is 0 Å². The van der Waals surface area contributed by atoms with E-state index in [-0.39, 0.29) is 0 Å². The number of hydrogen-bond donors (Lipinski definition) is 1. The van der Waals surface area contributed by atoms with E-state index in [1.165, 1.54) is 32.1 Å². The number of hydrogen-bond acceptors (Lipinski definition) is 2. The van der Waals surface area contributed by atoms with Crippen molar-refractivity contribution >= 4 is 5.69 Å². The van der Waals surface area contributed by atoms with Gasteiger partial charge in [0.05, 0.1) is 11.9 Å². The van der Waals surface area contributed by atoms with Crippen LogP contribution in [-0.4, -0.2) is 11.0 Å². The second-order valence-corrected chi connectivity index (χ2v) is 4.58. The normalized spacial score (nSPS) is 12.4. The van der Waals surface area contributed by atoms with Crippen LogP contribution in [0.25, 0.3) is 0 Å². The predicted molar refractivity (Wildman–Crippen MR) is 70.8 cm³/mol. The van der Waals surface area contributed by atoms with Crippen LogP contribution in [0.1, 0.15) is 51.6 Å². The Bertz CT molecular complexity index is 279. The van der Waals surface area contributed by atoms with E-state index in [1.54, 1.807) is 0 Å². The average Bonchev–Trinajstić information content (AvgIpc) is 2.28. The fraction of sp³-hybridized carbons (Fsp3) is 0.643. The second-order valence-electron chi connectivity index (χ2n) is 4.58. The van der Waals surface area contributed by atoms with E-state index >= 15 is 0 Å². The van der Waals surface area contributed by atoms with Crippen molar-refractivity contribution in [3.8, 4) is 0 Å². The first-order valence-corrected chi connectivity index (χ1v) is 6.41. The Morgan fingerprint density at radius 1 is 1.25 bits per heavy atom. The molecule has 0 spiro atoms. The monoisotopic (exact) mass is 220 g/mol. The highest BCUT2D eigenvalue weighted by molar-refractivity contribution is 5.41. The Morgan fingerprint density at radius 2 is 2.06 bits per heavy atom. The minimum absolute atomic E-state index is 0.543. The summed E-state index contributed by atoms with van der Waals surface area (Å²) in [6.45, 7) is 6.50. The molecule has 1 N–H and O–H groups in total. The molecule has 1 heterocycles. The molecular formula is C14H24N2. The molecule has 0 aliphatic carbocycles. The van der Waals surface area contributed by atoms with Gasteiger partial charge in [0, 0.05) is 11.7 Å². The molecule has 0 fully saturated rings. The van der Waals surface area contributed by atoms with Crippen LogP contribution in [0.5, 0.6) is 0 Å². The maximum atomic E-state index is 4.28. The van der Waals surface area contributed by atoms with Crippen molar-refractivity contribution in [2.75, 3.05) is 5.32 Å². The minimum Gasteiger partial charge on any atom is -0.381 e. The lowest BCUT2D eigenvalue weighted by Crippen LogP contribution is -2.14. The van der Waals surface area contributed by atoms with Gasteiger partial charge < -0.3 is 5.32 Å². The highest BCUT2D eigenvalue weighted by atomic mass is 14.9. The van der Waals surface area contributed by atoms with Crippen LogP contribution in [0.15, 0.2) is 18.3 Å². The lowest BCUT2D eigenvalue weighted by atomic mass is 10.1. The van der Waals surface area contributed by atoms with E-state index in [0.29, 0.717) is 6.04 Å². The van der Waals surface area contributed by atoms with Gasteiger partial charge in [0.1, 0.15) is 0 Å². The highest BCUT2D eigenvalue weighted by Gasteiger charge is 2.01. The van der Waals surface area contributed by atoms with E-state index in [1.807, 2.05) is 19.2 Å². The van der Waals surface area contributed by atoms with Crippen molar-refractivity contribution in [2.24, 2.45) is 0 Å². The Labute approximate surface area is 99.5 Å².